The van der Waals surface area contributed by atoms with Crippen LogP contribution in [0.3, 0.4) is 0 Å². The number of carbonyl (C=O) groups excluding carboxylic acids is 3. The minimum atomic E-state index is -0.533. The lowest BCUT2D eigenvalue weighted by Gasteiger charge is -2.12. The molecule has 156 valence electrons. The molecule has 0 atom stereocenters. The fourth-order valence-electron chi connectivity index (χ4n) is 2.96. The fourth-order valence-corrected chi connectivity index (χ4v) is 3.96. The second-order valence-electron chi connectivity index (χ2n) is 6.85. The number of carbonyl (C=O) groups is 3. The summed E-state index contributed by atoms with van der Waals surface area (Å²) < 4.78 is 5.80. The number of aryl methyl sites for hydroxylation is 1. The third kappa shape index (κ3) is 4.73. The molecule has 0 radical (unpaired) electrons. The van der Waals surface area contributed by atoms with Crippen molar-refractivity contribution in [2.45, 2.75) is 6.92 Å². The van der Waals surface area contributed by atoms with Crippen LogP contribution in [0, 0.1) is 6.92 Å². The van der Waals surface area contributed by atoms with Crippen LogP contribution in [-0.2, 0) is 9.59 Å². The van der Waals surface area contributed by atoms with Crippen molar-refractivity contribution in [3.05, 3.63) is 81.9 Å². The van der Waals surface area contributed by atoms with Crippen LogP contribution >= 0.6 is 23.4 Å². The van der Waals surface area contributed by atoms with Crippen LogP contribution in [0.5, 0.6) is 0 Å². The molecule has 4 rings (SSSR count). The summed E-state index contributed by atoms with van der Waals surface area (Å²) in [5.41, 5.74) is 2.36. The molecule has 8 heteroatoms. The van der Waals surface area contributed by atoms with E-state index in [1.54, 1.807) is 42.5 Å². The number of hydrogen-bond acceptors (Lipinski definition) is 5. The third-order valence-corrected chi connectivity index (χ3v) is 5.90. The van der Waals surface area contributed by atoms with Crippen LogP contribution in [-0.4, -0.2) is 28.5 Å². The molecule has 31 heavy (non-hydrogen) atoms. The number of para-hydroxylation sites is 1. The molecular formula is C23H17ClN2O4S. The number of benzene rings is 2. The van der Waals surface area contributed by atoms with Crippen molar-refractivity contribution in [1.29, 1.82) is 0 Å². The van der Waals surface area contributed by atoms with E-state index in [1.807, 2.05) is 25.1 Å². The van der Waals surface area contributed by atoms with Crippen LogP contribution in [0.2, 0.25) is 5.02 Å². The average molecular weight is 453 g/mol. The molecule has 1 aliphatic rings. The molecule has 6 nitrogen and oxygen atoms in total. The van der Waals surface area contributed by atoms with Crippen LogP contribution in [0.15, 0.2) is 70.0 Å². The maximum atomic E-state index is 12.6. The smallest absolute Gasteiger partial charge is 0.294 e. The lowest BCUT2D eigenvalue weighted by Crippen LogP contribution is -2.36. The second-order valence-corrected chi connectivity index (χ2v) is 8.25. The van der Waals surface area contributed by atoms with Crippen LogP contribution in [0.25, 0.3) is 17.4 Å². The Morgan fingerprint density at radius 2 is 1.90 bits per heavy atom. The highest BCUT2D eigenvalue weighted by atomic mass is 35.5. The Balaban J connectivity index is 1.46. The zero-order chi connectivity index (χ0) is 22.0. The summed E-state index contributed by atoms with van der Waals surface area (Å²) in [7, 11) is 0. The van der Waals surface area contributed by atoms with E-state index in [0.29, 0.717) is 22.2 Å². The van der Waals surface area contributed by atoms with Crippen molar-refractivity contribution in [1.82, 2.24) is 4.90 Å². The number of amides is 3. The molecule has 0 aliphatic carbocycles. The van der Waals surface area contributed by atoms with Gasteiger partial charge in [0.2, 0.25) is 5.91 Å². The maximum absolute atomic E-state index is 12.6. The second kappa shape index (κ2) is 8.83. The predicted molar refractivity (Wildman–Crippen MR) is 122 cm³/mol. The molecule has 0 spiro atoms. The molecule has 2 heterocycles. The summed E-state index contributed by atoms with van der Waals surface area (Å²) in [5, 5.41) is 2.79. The van der Waals surface area contributed by atoms with Gasteiger partial charge in [-0.25, -0.2) is 0 Å². The zero-order valence-corrected chi connectivity index (χ0v) is 18.0. The van der Waals surface area contributed by atoms with Gasteiger partial charge in [-0.05, 0) is 54.6 Å². The van der Waals surface area contributed by atoms with Crippen molar-refractivity contribution in [2.24, 2.45) is 0 Å². The van der Waals surface area contributed by atoms with Gasteiger partial charge in [0, 0.05) is 22.3 Å². The van der Waals surface area contributed by atoms with E-state index >= 15 is 0 Å². The Morgan fingerprint density at radius 3 is 2.65 bits per heavy atom. The maximum Gasteiger partial charge on any atom is 0.294 e. The Hall–Kier alpha value is -3.29. The first-order chi connectivity index (χ1) is 14.9. The first-order valence-corrected chi connectivity index (χ1v) is 10.6. The van der Waals surface area contributed by atoms with Crippen molar-refractivity contribution in [2.75, 3.05) is 11.9 Å². The number of hydrogen-bond donors (Lipinski definition) is 1. The highest BCUT2D eigenvalue weighted by Gasteiger charge is 2.36. The van der Waals surface area contributed by atoms with Gasteiger partial charge < -0.3 is 9.73 Å². The van der Waals surface area contributed by atoms with E-state index < -0.39 is 17.1 Å². The predicted octanol–water partition coefficient (Wildman–Crippen LogP) is 5.58. The number of furan rings is 1. The van der Waals surface area contributed by atoms with Crippen molar-refractivity contribution < 1.29 is 18.8 Å². The van der Waals surface area contributed by atoms with Gasteiger partial charge in [0.05, 0.1) is 4.91 Å². The normalized spacial score (nSPS) is 15.0. The van der Waals surface area contributed by atoms with E-state index in [-0.39, 0.29) is 11.4 Å². The van der Waals surface area contributed by atoms with Gasteiger partial charge in [0.25, 0.3) is 11.1 Å². The molecule has 2 aromatic carbocycles. The van der Waals surface area contributed by atoms with Gasteiger partial charge in [-0.1, -0.05) is 41.9 Å². The quantitative estimate of drug-likeness (QED) is 0.511. The molecule has 1 saturated heterocycles. The van der Waals surface area contributed by atoms with Gasteiger partial charge >= 0.3 is 0 Å². The standard InChI is InChI=1S/C23H17ClN2O4S/c1-14-7-8-15(11-18(14)24)19-10-9-17(30-19)12-20-22(28)26(23(29)31-20)13-21(27)25-16-5-3-2-4-6-16/h2-12H,13H2,1H3,(H,25,27)/b20-12-. The topological polar surface area (TPSA) is 79.6 Å². The van der Waals surface area contributed by atoms with Gasteiger partial charge in [0.15, 0.2) is 0 Å². The molecule has 0 saturated carbocycles. The molecule has 1 fully saturated rings. The van der Waals surface area contributed by atoms with Gasteiger partial charge in [0.1, 0.15) is 18.1 Å². The summed E-state index contributed by atoms with van der Waals surface area (Å²) in [6.45, 7) is 1.55. The average Bonchev–Trinajstić information content (AvgIpc) is 3.31. The molecule has 0 bridgehead atoms. The summed E-state index contributed by atoms with van der Waals surface area (Å²) >= 11 is 6.95. The molecule has 1 aliphatic heterocycles. The lowest BCUT2D eigenvalue weighted by atomic mass is 10.1. The molecular weight excluding hydrogens is 436 g/mol. The minimum Gasteiger partial charge on any atom is -0.457 e. The third-order valence-electron chi connectivity index (χ3n) is 4.59. The Kier molecular flexibility index (Phi) is 5.97. The monoisotopic (exact) mass is 452 g/mol. The number of imide groups is 1. The van der Waals surface area contributed by atoms with Crippen molar-refractivity contribution >= 4 is 52.2 Å². The van der Waals surface area contributed by atoms with E-state index in [2.05, 4.69) is 5.32 Å². The number of nitrogens with zero attached hydrogens (tertiary/aromatic N) is 1. The van der Waals surface area contributed by atoms with E-state index in [1.165, 1.54) is 6.08 Å². The molecule has 1 N–H and O–H groups in total. The number of rotatable bonds is 5. The minimum absolute atomic E-state index is 0.195. The fraction of sp³-hybridized carbons (Fsp3) is 0.0870. The number of nitrogens with one attached hydrogen (secondary N) is 1. The zero-order valence-electron chi connectivity index (χ0n) is 16.4. The number of halogens is 1. The summed E-state index contributed by atoms with van der Waals surface area (Å²) in [5.74, 6) is 0.0291. The number of anilines is 1. The van der Waals surface area contributed by atoms with Crippen LogP contribution < -0.4 is 5.32 Å². The molecule has 3 amide bonds. The summed E-state index contributed by atoms with van der Waals surface area (Å²) in [6.07, 6.45) is 1.50. The summed E-state index contributed by atoms with van der Waals surface area (Å²) in [4.78, 5) is 38.2. The van der Waals surface area contributed by atoms with E-state index in [4.69, 9.17) is 16.0 Å². The Labute approximate surface area is 187 Å². The molecule has 3 aromatic rings. The van der Waals surface area contributed by atoms with E-state index in [0.717, 1.165) is 27.8 Å². The highest BCUT2D eigenvalue weighted by molar-refractivity contribution is 8.18. The number of thioether (sulfide) groups is 1. The van der Waals surface area contributed by atoms with Gasteiger partial charge in [-0.3, -0.25) is 19.3 Å². The molecule has 0 unspecified atom stereocenters. The van der Waals surface area contributed by atoms with Crippen molar-refractivity contribution in [3.63, 3.8) is 0 Å². The van der Waals surface area contributed by atoms with Crippen LogP contribution in [0.1, 0.15) is 11.3 Å². The van der Waals surface area contributed by atoms with E-state index in [9.17, 15) is 14.4 Å². The highest BCUT2D eigenvalue weighted by Crippen LogP contribution is 2.33. The SMILES string of the molecule is Cc1ccc(-c2ccc(/C=C3\SC(=O)N(CC(=O)Nc4ccccc4)C3=O)o2)cc1Cl. The molecule has 1 aromatic heterocycles. The first kappa shape index (κ1) is 21.0. The van der Waals surface area contributed by atoms with Gasteiger partial charge in [-0.15, -0.1) is 0 Å². The lowest BCUT2D eigenvalue weighted by molar-refractivity contribution is -0.127. The largest absolute Gasteiger partial charge is 0.457 e. The van der Waals surface area contributed by atoms with Crippen LogP contribution in [0.4, 0.5) is 10.5 Å². The first-order valence-electron chi connectivity index (χ1n) is 9.37. The Morgan fingerprint density at radius 1 is 1.13 bits per heavy atom. The Bertz CT molecular complexity index is 1200. The summed E-state index contributed by atoms with van der Waals surface area (Å²) in [6, 6.07) is 17.9. The van der Waals surface area contributed by atoms with Crippen molar-refractivity contribution in [3.8, 4) is 11.3 Å². The van der Waals surface area contributed by atoms with Gasteiger partial charge in [-0.2, -0.15) is 0 Å².